The summed E-state index contributed by atoms with van der Waals surface area (Å²) >= 11 is 10.4. The molecule has 0 bridgehead atoms. The average Bonchev–Trinajstić information content (AvgIpc) is 2.59. The lowest BCUT2D eigenvalue weighted by Gasteiger charge is -2.29. The highest BCUT2D eigenvalue weighted by Gasteiger charge is 2.37. The maximum atomic E-state index is 12.2. The van der Waals surface area contributed by atoms with Crippen molar-refractivity contribution in [3.05, 3.63) is 60.9 Å². The molecule has 1 atom stereocenters. The van der Waals surface area contributed by atoms with Crippen LogP contribution in [0.1, 0.15) is 38.8 Å². The van der Waals surface area contributed by atoms with E-state index in [9.17, 15) is 14.7 Å². The molecule has 9 heteroatoms. The van der Waals surface area contributed by atoms with Crippen LogP contribution < -0.4 is 10.1 Å². The summed E-state index contributed by atoms with van der Waals surface area (Å²) in [7, 11) is 0. The summed E-state index contributed by atoms with van der Waals surface area (Å²) in [6.07, 6.45) is -0.741. The summed E-state index contributed by atoms with van der Waals surface area (Å²) in [4.78, 5) is 24.1. The van der Waals surface area contributed by atoms with Gasteiger partial charge in [0, 0.05) is 10.9 Å². The van der Waals surface area contributed by atoms with Crippen LogP contribution in [-0.4, -0.2) is 28.3 Å². The highest BCUT2D eigenvalue weighted by molar-refractivity contribution is 9.11. The van der Waals surface area contributed by atoms with Crippen LogP contribution in [0.5, 0.6) is 5.75 Å². The van der Waals surface area contributed by atoms with E-state index >= 15 is 0 Å². The summed E-state index contributed by atoms with van der Waals surface area (Å²) in [6.45, 7) is 6.95. The molecule has 0 aliphatic carbocycles. The normalized spacial score (nSPS) is 13.3. The van der Waals surface area contributed by atoms with Crippen molar-refractivity contribution in [3.8, 4) is 5.75 Å². The van der Waals surface area contributed by atoms with E-state index in [4.69, 9.17) is 9.47 Å². The number of hydrogen-bond acceptors (Lipinski definition) is 4. The van der Waals surface area contributed by atoms with E-state index in [-0.39, 0.29) is 6.42 Å². The number of carbonyl (C=O) groups is 2. The van der Waals surface area contributed by atoms with Gasteiger partial charge in [-0.2, -0.15) is 0 Å². The van der Waals surface area contributed by atoms with Crippen molar-refractivity contribution < 1.29 is 24.2 Å². The highest BCUT2D eigenvalue weighted by atomic mass is 79.9. The SMILES string of the molecule is CC(C)(C)OC(=O)NC(C)(Cc1cc(Br)c(OCc2cccc(Br)c2)c(Br)c1)C(=O)O. The molecule has 6 nitrogen and oxygen atoms in total. The van der Waals surface area contributed by atoms with Crippen molar-refractivity contribution in [1.29, 1.82) is 0 Å². The minimum Gasteiger partial charge on any atom is -0.487 e. The number of nitrogens with one attached hydrogen (secondary N) is 1. The van der Waals surface area contributed by atoms with Gasteiger partial charge in [-0.25, -0.2) is 9.59 Å². The predicted molar refractivity (Wildman–Crippen MR) is 129 cm³/mol. The van der Waals surface area contributed by atoms with Gasteiger partial charge in [0.25, 0.3) is 0 Å². The third-order valence-electron chi connectivity index (χ3n) is 4.14. The molecule has 2 N–H and O–H groups in total. The zero-order valence-corrected chi connectivity index (χ0v) is 22.4. The van der Waals surface area contributed by atoms with Crippen molar-refractivity contribution in [2.45, 2.75) is 51.9 Å². The maximum Gasteiger partial charge on any atom is 0.408 e. The summed E-state index contributed by atoms with van der Waals surface area (Å²) in [5.74, 6) is -0.568. The number of alkyl carbamates (subject to hydrolysis) is 1. The second-order valence-corrected chi connectivity index (χ2v) is 10.9. The van der Waals surface area contributed by atoms with Crippen LogP contribution in [0.4, 0.5) is 4.79 Å². The number of carbonyl (C=O) groups excluding carboxylic acids is 1. The molecule has 0 aliphatic heterocycles. The summed E-state index contributed by atoms with van der Waals surface area (Å²) in [5.41, 5.74) is -0.602. The van der Waals surface area contributed by atoms with Crippen LogP contribution in [0.25, 0.3) is 0 Å². The van der Waals surface area contributed by atoms with E-state index in [0.29, 0.717) is 26.9 Å². The second kappa shape index (κ2) is 10.4. The van der Waals surface area contributed by atoms with E-state index in [1.165, 1.54) is 6.92 Å². The van der Waals surface area contributed by atoms with Crippen LogP contribution in [0.3, 0.4) is 0 Å². The zero-order chi connectivity index (χ0) is 23.4. The van der Waals surface area contributed by atoms with Crippen molar-refractivity contribution in [2.24, 2.45) is 0 Å². The number of benzene rings is 2. The predicted octanol–water partition coefficient (Wildman–Crippen LogP) is 6.46. The molecule has 0 saturated heterocycles. The van der Waals surface area contributed by atoms with E-state index < -0.39 is 23.2 Å². The van der Waals surface area contributed by atoms with E-state index in [2.05, 4.69) is 53.1 Å². The smallest absolute Gasteiger partial charge is 0.408 e. The summed E-state index contributed by atoms with van der Waals surface area (Å²) < 4.78 is 13.4. The van der Waals surface area contributed by atoms with Gasteiger partial charge in [-0.15, -0.1) is 0 Å². The Morgan fingerprint density at radius 1 is 1.00 bits per heavy atom. The van der Waals surface area contributed by atoms with Gasteiger partial charge in [0.1, 0.15) is 23.5 Å². The number of carboxylic acid groups (broad SMARTS) is 1. The van der Waals surface area contributed by atoms with Gasteiger partial charge in [-0.3, -0.25) is 0 Å². The zero-order valence-electron chi connectivity index (χ0n) is 17.6. The molecule has 1 unspecified atom stereocenters. The molecule has 0 radical (unpaired) electrons. The quantitative estimate of drug-likeness (QED) is 0.371. The minimum atomic E-state index is -1.56. The maximum absolute atomic E-state index is 12.2. The van der Waals surface area contributed by atoms with Gasteiger partial charge in [0.15, 0.2) is 0 Å². The van der Waals surface area contributed by atoms with Crippen molar-refractivity contribution in [3.63, 3.8) is 0 Å². The van der Waals surface area contributed by atoms with Crippen LogP contribution in [-0.2, 0) is 22.6 Å². The lowest BCUT2D eigenvalue weighted by molar-refractivity contribution is -0.144. The summed E-state index contributed by atoms with van der Waals surface area (Å²) in [6, 6.07) is 11.4. The van der Waals surface area contributed by atoms with Crippen LogP contribution in [0, 0.1) is 0 Å². The molecule has 0 aromatic heterocycles. The Morgan fingerprint density at radius 2 is 1.61 bits per heavy atom. The average molecular weight is 622 g/mol. The molecule has 2 aromatic carbocycles. The molecule has 0 fully saturated rings. The minimum absolute atomic E-state index is 0.0463. The standard InChI is InChI=1S/C22H24Br3NO5/c1-21(2,3)31-20(29)26-22(4,19(27)28)11-14-9-16(24)18(17(25)10-14)30-12-13-6-5-7-15(23)8-13/h5-10H,11-12H2,1-4H3,(H,26,29)(H,27,28). The van der Waals surface area contributed by atoms with E-state index in [1.54, 1.807) is 32.9 Å². The van der Waals surface area contributed by atoms with E-state index in [1.807, 2.05) is 24.3 Å². The van der Waals surface area contributed by atoms with Gasteiger partial charge in [0.05, 0.1) is 8.95 Å². The molecular weight excluding hydrogens is 598 g/mol. The Hall–Kier alpha value is -1.58. The highest BCUT2D eigenvalue weighted by Crippen LogP contribution is 2.36. The van der Waals surface area contributed by atoms with Crippen molar-refractivity contribution in [1.82, 2.24) is 5.32 Å². The first-order chi connectivity index (χ1) is 14.3. The number of ether oxygens (including phenoxy) is 2. The molecule has 0 spiro atoms. The number of hydrogen-bond donors (Lipinski definition) is 2. The lowest BCUT2D eigenvalue weighted by Crippen LogP contribution is -2.54. The Bertz CT molecular complexity index is 951. The number of amides is 1. The third kappa shape index (κ3) is 7.80. The molecule has 0 heterocycles. The molecular formula is C22H24Br3NO5. The van der Waals surface area contributed by atoms with Gasteiger partial charge in [-0.05, 0) is 94.9 Å². The Balaban J connectivity index is 2.18. The molecule has 31 heavy (non-hydrogen) atoms. The Morgan fingerprint density at radius 3 is 2.13 bits per heavy atom. The van der Waals surface area contributed by atoms with Gasteiger partial charge >= 0.3 is 12.1 Å². The van der Waals surface area contributed by atoms with Gasteiger partial charge in [0.2, 0.25) is 0 Å². The fourth-order valence-corrected chi connectivity index (χ4v) is 4.70. The Kier molecular flexibility index (Phi) is 8.58. The number of rotatable bonds is 7. The van der Waals surface area contributed by atoms with Gasteiger partial charge < -0.3 is 19.9 Å². The number of aliphatic carboxylic acids is 1. The fraction of sp³-hybridized carbons (Fsp3) is 0.364. The van der Waals surface area contributed by atoms with Crippen LogP contribution >= 0.6 is 47.8 Å². The molecule has 168 valence electrons. The Labute approximate surface area is 207 Å². The molecule has 1 amide bonds. The first-order valence-electron chi connectivity index (χ1n) is 9.39. The topological polar surface area (TPSA) is 84.9 Å². The lowest BCUT2D eigenvalue weighted by atomic mass is 9.93. The van der Waals surface area contributed by atoms with Crippen molar-refractivity contribution >= 4 is 59.9 Å². The second-order valence-electron chi connectivity index (χ2n) is 8.25. The van der Waals surface area contributed by atoms with Gasteiger partial charge in [-0.1, -0.05) is 28.1 Å². The number of halogens is 3. The van der Waals surface area contributed by atoms with Crippen LogP contribution in [0.2, 0.25) is 0 Å². The fourth-order valence-electron chi connectivity index (χ4n) is 2.74. The first-order valence-corrected chi connectivity index (χ1v) is 11.8. The monoisotopic (exact) mass is 619 g/mol. The first kappa shape index (κ1) is 25.7. The molecule has 2 rings (SSSR count). The largest absolute Gasteiger partial charge is 0.487 e. The molecule has 0 aliphatic rings. The third-order valence-corrected chi connectivity index (χ3v) is 5.81. The number of carboxylic acids is 1. The van der Waals surface area contributed by atoms with Crippen molar-refractivity contribution in [2.75, 3.05) is 0 Å². The van der Waals surface area contributed by atoms with E-state index in [0.717, 1.165) is 10.0 Å². The van der Waals surface area contributed by atoms with Crippen LogP contribution in [0.15, 0.2) is 49.8 Å². The molecule has 2 aromatic rings. The molecule has 0 saturated carbocycles. The summed E-state index contributed by atoms with van der Waals surface area (Å²) in [5, 5.41) is 12.2.